The first-order chi connectivity index (χ1) is 5.86. The van der Waals surface area contributed by atoms with Gasteiger partial charge in [-0.25, -0.2) is 0 Å². The molecule has 1 aliphatic rings. The lowest BCUT2D eigenvalue weighted by Crippen LogP contribution is -1.97. The van der Waals surface area contributed by atoms with Crippen LogP contribution in [0.3, 0.4) is 0 Å². The Kier molecular flexibility index (Phi) is 2.09. The van der Waals surface area contributed by atoms with E-state index < -0.39 is 0 Å². The molecule has 0 amide bonds. The SMILES string of the molecule is CN1[CH]SC(c2ccccc2)=C1. The van der Waals surface area contributed by atoms with Gasteiger partial charge in [-0.1, -0.05) is 42.1 Å². The van der Waals surface area contributed by atoms with Crippen LogP contribution < -0.4 is 0 Å². The van der Waals surface area contributed by atoms with E-state index in [0.29, 0.717) is 0 Å². The molecule has 1 aromatic carbocycles. The third-order valence-electron chi connectivity index (χ3n) is 1.73. The van der Waals surface area contributed by atoms with Gasteiger partial charge in [0, 0.05) is 18.2 Å². The molecule has 61 valence electrons. The molecule has 0 aliphatic carbocycles. The molecule has 2 rings (SSSR count). The molecule has 0 aromatic heterocycles. The summed E-state index contributed by atoms with van der Waals surface area (Å²) in [7, 11) is 2.04. The molecule has 1 radical (unpaired) electrons. The second-order valence-corrected chi connectivity index (χ2v) is 3.63. The van der Waals surface area contributed by atoms with Crippen LogP contribution in [0.1, 0.15) is 5.56 Å². The van der Waals surface area contributed by atoms with Crippen molar-refractivity contribution in [1.29, 1.82) is 0 Å². The Labute approximate surface area is 77.1 Å². The van der Waals surface area contributed by atoms with Gasteiger partial charge in [0.1, 0.15) is 5.88 Å². The van der Waals surface area contributed by atoms with Gasteiger partial charge in [-0.3, -0.25) is 0 Å². The van der Waals surface area contributed by atoms with Crippen molar-refractivity contribution in [2.45, 2.75) is 0 Å². The molecule has 0 bridgehead atoms. The molecule has 0 fully saturated rings. The van der Waals surface area contributed by atoms with E-state index in [1.54, 1.807) is 11.8 Å². The molecule has 0 N–H and O–H groups in total. The summed E-state index contributed by atoms with van der Waals surface area (Å²) in [5.41, 5.74) is 1.29. The average molecular weight is 176 g/mol. The highest BCUT2D eigenvalue weighted by Crippen LogP contribution is 2.35. The van der Waals surface area contributed by atoms with Gasteiger partial charge in [0.25, 0.3) is 0 Å². The van der Waals surface area contributed by atoms with Gasteiger partial charge in [0.05, 0.1) is 0 Å². The summed E-state index contributed by atoms with van der Waals surface area (Å²) in [6.45, 7) is 0. The third kappa shape index (κ3) is 1.48. The number of hydrogen-bond acceptors (Lipinski definition) is 2. The zero-order chi connectivity index (χ0) is 8.39. The average Bonchev–Trinajstić information content (AvgIpc) is 2.54. The van der Waals surface area contributed by atoms with Gasteiger partial charge in [-0.15, -0.1) is 0 Å². The third-order valence-corrected chi connectivity index (χ3v) is 2.76. The second-order valence-electron chi connectivity index (χ2n) is 2.75. The first-order valence-corrected chi connectivity index (χ1v) is 4.73. The molecule has 0 saturated heterocycles. The summed E-state index contributed by atoms with van der Waals surface area (Å²) in [4.78, 5) is 3.39. The molecule has 1 nitrogen and oxygen atoms in total. The maximum atomic E-state index is 2.14. The minimum absolute atomic E-state index is 1.29. The van der Waals surface area contributed by atoms with Gasteiger partial charge in [-0.05, 0) is 5.56 Å². The van der Waals surface area contributed by atoms with Crippen molar-refractivity contribution in [3.8, 4) is 0 Å². The molecule has 1 heterocycles. The fraction of sp³-hybridized carbons (Fsp3) is 0.100. The number of thioether (sulfide) groups is 1. The van der Waals surface area contributed by atoms with Crippen LogP contribution in [0.4, 0.5) is 0 Å². The van der Waals surface area contributed by atoms with Gasteiger partial charge in [0.15, 0.2) is 0 Å². The first kappa shape index (κ1) is 7.74. The van der Waals surface area contributed by atoms with Crippen LogP contribution in [0.5, 0.6) is 0 Å². The van der Waals surface area contributed by atoms with Crippen LogP contribution in [-0.2, 0) is 0 Å². The Hall–Kier alpha value is -0.890. The Morgan fingerprint density at radius 3 is 2.50 bits per heavy atom. The molecule has 1 aliphatic heterocycles. The summed E-state index contributed by atoms with van der Waals surface area (Å²) in [5.74, 6) is 2.10. The molecule has 2 heteroatoms. The summed E-state index contributed by atoms with van der Waals surface area (Å²) in [6, 6.07) is 10.4. The van der Waals surface area contributed by atoms with Gasteiger partial charge < -0.3 is 4.90 Å². The summed E-state index contributed by atoms with van der Waals surface area (Å²) >= 11 is 1.77. The van der Waals surface area contributed by atoms with E-state index in [0.717, 1.165) is 0 Å². The van der Waals surface area contributed by atoms with Gasteiger partial charge in [-0.2, -0.15) is 0 Å². The lowest BCUT2D eigenvalue weighted by atomic mass is 10.2. The molecular formula is C10H10NS. The highest BCUT2D eigenvalue weighted by molar-refractivity contribution is 8.10. The molecule has 0 spiro atoms. The van der Waals surface area contributed by atoms with Crippen molar-refractivity contribution in [1.82, 2.24) is 4.90 Å². The molecule has 0 atom stereocenters. The van der Waals surface area contributed by atoms with Crippen LogP contribution in [0, 0.1) is 5.88 Å². The minimum Gasteiger partial charge on any atom is -0.364 e. The Balaban J connectivity index is 2.27. The van der Waals surface area contributed by atoms with E-state index in [2.05, 4.69) is 41.2 Å². The predicted molar refractivity (Wildman–Crippen MR) is 54.1 cm³/mol. The van der Waals surface area contributed by atoms with Crippen molar-refractivity contribution < 1.29 is 0 Å². The second kappa shape index (κ2) is 3.23. The number of benzene rings is 1. The standard InChI is InChI=1S/C10H10NS/c1-11-7-10(12-8-11)9-5-3-2-4-6-9/h2-8H,1H3. The molecule has 0 saturated carbocycles. The minimum atomic E-state index is 1.29. The Morgan fingerprint density at radius 2 is 1.92 bits per heavy atom. The van der Waals surface area contributed by atoms with E-state index in [4.69, 9.17) is 0 Å². The fourth-order valence-electron chi connectivity index (χ4n) is 1.13. The number of rotatable bonds is 1. The maximum absolute atomic E-state index is 2.14. The highest BCUT2D eigenvalue weighted by Gasteiger charge is 2.10. The lowest BCUT2D eigenvalue weighted by molar-refractivity contribution is 0.614. The summed E-state index contributed by atoms with van der Waals surface area (Å²) < 4.78 is 0. The van der Waals surface area contributed by atoms with Crippen LogP contribution in [0.2, 0.25) is 0 Å². The van der Waals surface area contributed by atoms with E-state index in [1.165, 1.54) is 10.5 Å². The Morgan fingerprint density at radius 1 is 1.17 bits per heavy atom. The normalized spacial score (nSPS) is 16.4. The highest BCUT2D eigenvalue weighted by atomic mass is 32.2. The van der Waals surface area contributed by atoms with Crippen LogP contribution in [-0.4, -0.2) is 11.9 Å². The lowest BCUT2D eigenvalue weighted by Gasteiger charge is -2.00. The molecule has 12 heavy (non-hydrogen) atoms. The van der Waals surface area contributed by atoms with Crippen LogP contribution >= 0.6 is 11.8 Å². The first-order valence-electron chi connectivity index (χ1n) is 3.85. The molecule has 1 aromatic rings. The maximum Gasteiger partial charge on any atom is 0.109 e. The topological polar surface area (TPSA) is 3.24 Å². The number of hydrogen-bond donors (Lipinski definition) is 0. The Bertz CT molecular complexity index is 292. The van der Waals surface area contributed by atoms with E-state index in [1.807, 2.05) is 13.1 Å². The van der Waals surface area contributed by atoms with Crippen molar-refractivity contribution >= 4 is 16.7 Å². The van der Waals surface area contributed by atoms with Crippen molar-refractivity contribution in [2.75, 3.05) is 7.05 Å². The molecular weight excluding hydrogens is 166 g/mol. The van der Waals surface area contributed by atoms with Crippen LogP contribution in [0.15, 0.2) is 36.5 Å². The van der Waals surface area contributed by atoms with Crippen molar-refractivity contribution in [3.05, 3.63) is 48.0 Å². The zero-order valence-corrected chi connectivity index (χ0v) is 7.71. The van der Waals surface area contributed by atoms with Gasteiger partial charge >= 0.3 is 0 Å². The monoisotopic (exact) mass is 176 g/mol. The summed E-state index contributed by atoms with van der Waals surface area (Å²) in [5, 5.41) is 0. The van der Waals surface area contributed by atoms with Crippen molar-refractivity contribution in [3.63, 3.8) is 0 Å². The predicted octanol–water partition coefficient (Wildman–Crippen LogP) is 2.78. The van der Waals surface area contributed by atoms with E-state index in [-0.39, 0.29) is 0 Å². The fourth-order valence-corrected chi connectivity index (χ4v) is 1.97. The molecule has 0 unspecified atom stereocenters. The number of nitrogens with zero attached hydrogens (tertiary/aromatic N) is 1. The van der Waals surface area contributed by atoms with E-state index in [9.17, 15) is 0 Å². The van der Waals surface area contributed by atoms with E-state index >= 15 is 0 Å². The quantitative estimate of drug-likeness (QED) is 0.647. The van der Waals surface area contributed by atoms with Gasteiger partial charge in [0.2, 0.25) is 0 Å². The summed E-state index contributed by atoms with van der Waals surface area (Å²) in [6.07, 6.45) is 2.14. The largest absolute Gasteiger partial charge is 0.364 e. The van der Waals surface area contributed by atoms with Crippen molar-refractivity contribution in [2.24, 2.45) is 0 Å². The van der Waals surface area contributed by atoms with Crippen LogP contribution in [0.25, 0.3) is 4.91 Å². The smallest absolute Gasteiger partial charge is 0.109 e. The zero-order valence-electron chi connectivity index (χ0n) is 6.90.